The maximum atomic E-state index is 13.4. The molecule has 1 aromatic rings. The summed E-state index contributed by atoms with van der Waals surface area (Å²) in [5, 5.41) is 2.76. The number of amides is 4. The number of carbonyl (C=O) groups is 3. The molecule has 1 N–H and O–H groups in total. The average molecular weight is 476 g/mol. The molecule has 3 aliphatic rings. The maximum absolute atomic E-state index is 13.4. The van der Waals surface area contributed by atoms with Crippen LogP contribution >= 0.6 is 0 Å². The molecule has 180 valence electrons. The molecule has 4 rings (SSSR count). The van der Waals surface area contributed by atoms with Crippen molar-refractivity contribution in [1.29, 1.82) is 0 Å². The van der Waals surface area contributed by atoms with E-state index >= 15 is 0 Å². The molecule has 0 aromatic heterocycles. The molecule has 9 heteroatoms. The Labute approximate surface area is 195 Å². The van der Waals surface area contributed by atoms with E-state index in [4.69, 9.17) is 0 Å². The molecule has 4 amide bonds. The van der Waals surface area contributed by atoms with Crippen LogP contribution in [0.2, 0.25) is 0 Å². The molecule has 0 radical (unpaired) electrons. The van der Waals surface area contributed by atoms with E-state index in [0.717, 1.165) is 36.1 Å². The molecule has 0 bridgehead atoms. The standard InChI is InChI=1S/C24H33N3O5S/c1-16(2)17-8-10-18(11-9-17)24(3)22(29)26(23(30)25-24)14-21(28)27(19-6-4-5-7-19)20-12-13-33(31,32)15-20/h8-11,16,19-20H,4-7,12-15H2,1-3H3,(H,25,30)/t20-,24+/m0/s1. The second-order valence-corrected chi connectivity index (χ2v) is 12.2. The van der Waals surface area contributed by atoms with Gasteiger partial charge in [0.1, 0.15) is 12.1 Å². The number of benzene rings is 1. The Hall–Kier alpha value is -2.42. The van der Waals surface area contributed by atoms with Crippen LogP contribution in [-0.2, 0) is 25.0 Å². The van der Waals surface area contributed by atoms with Crippen LogP contribution in [-0.4, -0.2) is 66.2 Å². The Balaban J connectivity index is 1.54. The summed E-state index contributed by atoms with van der Waals surface area (Å²) in [6.07, 6.45) is 4.03. The van der Waals surface area contributed by atoms with Gasteiger partial charge < -0.3 is 10.2 Å². The van der Waals surface area contributed by atoms with Crippen LogP contribution in [0, 0.1) is 0 Å². The van der Waals surface area contributed by atoms with Gasteiger partial charge in [-0.05, 0) is 43.2 Å². The Morgan fingerprint density at radius 2 is 1.76 bits per heavy atom. The zero-order valence-electron chi connectivity index (χ0n) is 19.5. The molecule has 3 fully saturated rings. The Morgan fingerprint density at radius 1 is 1.12 bits per heavy atom. The van der Waals surface area contributed by atoms with Crippen LogP contribution in [0.5, 0.6) is 0 Å². The molecule has 8 nitrogen and oxygen atoms in total. The van der Waals surface area contributed by atoms with Crippen molar-refractivity contribution in [1.82, 2.24) is 15.1 Å². The lowest BCUT2D eigenvalue weighted by atomic mass is 9.90. The van der Waals surface area contributed by atoms with Gasteiger partial charge in [-0.3, -0.25) is 14.5 Å². The molecule has 1 aromatic carbocycles. The van der Waals surface area contributed by atoms with Crippen LogP contribution in [0.25, 0.3) is 0 Å². The van der Waals surface area contributed by atoms with E-state index in [2.05, 4.69) is 19.2 Å². The summed E-state index contributed by atoms with van der Waals surface area (Å²) in [4.78, 5) is 42.2. The summed E-state index contributed by atoms with van der Waals surface area (Å²) in [6.45, 7) is 5.44. The summed E-state index contributed by atoms with van der Waals surface area (Å²) in [6, 6.07) is 6.55. The predicted octanol–water partition coefficient (Wildman–Crippen LogP) is 2.54. The average Bonchev–Trinajstić information content (AvgIpc) is 3.45. The number of rotatable bonds is 6. The van der Waals surface area contributed by atoms with E-state index in [0.29, 0.717) is 17.9 Å². The molecule has 2 aliphatic heterocycles. The smallest absolute Gasteiger partial charge is 0.325 e. The first-order chi connectivity index (χ1) is 15.5. The molecule has 2 heterocycles. The van der Waals surface area contributed by atoms with Gasteiger partial charge in [0, 0.05) is 12.1 Å². The monoisotopic (exact) mass is 475 g/mol. The van der Waals surface area contributed by atoms with Crippen LogP contribution in [0.1, 0.15) is 69.9 Å². The quantitative estimate of drug-likeness (QED) is 0.637. The second kappa shape index (κ2) is 8.74. The Kier molecular flexibility index (Phi) is 6.28. The molecule has 1 aliphatic carbocycles. The summed E-state index contributed by atoms with van der Waals surface area (Å²) >= 11 is 0. The van der Waals surface area contributed by atoms with E-state index in [-0.39, 0.29) is 36.0 Å². The molecule has 1 saturated carbocycles. The highest BCUT2D eigenvalue weighted by molar-refractivity contribution is 7.91. The summed E-state index contributed by atoms with van der Waals surface area (Å²) in [5.74, 6) is -0.455. The van der Waals surface area contributed by atoms with Crippen molar-refractivity contribution in [2.24, 2.45) is 0 Å². The predicted molar refractivity (Wildman–Crippen MR) is 124 cm³/mol. The molecule has 2 atom stereocenters. The minimum absolute atomic E-state index is 0.0356. The van der Waals surface area contributed by atoms with Gasteiger partial charge in [0.15, 0.2) is 9.84 Å². The summed E-state index contributed by atoms with van der Waals surface area (Å²) < 4.78 is 24.1. The van der Waals surface area contributed by atoms with Crippen molar-refractivity contribution in [3.63, 3.8) is 0 Å². The van der Waals surface area contributed by atoms with Crippen molar-refractivity contribution in [2.45, 2.75) is 76.4 Å². The molecule has 2 saturated heterocycles. The molecule has 33 heavy (non-hydrogen) atoms. The highest BCUT2D eigenvalue weighted by Crippen LogP contribution is 2.32. The fourth-order valence-corrected chi connectivity index (χ4v) is 7.05. The first kappa shape index (κ1) is 23.7. The van der Waals surface area contributed by atoms with Gasteiger partial charge in [0.05, 0.1) is 11.5 Å². The van der Waals surface area contributed by atoms with Gasteiger partial charge in [-0.25, -0.2) is 13.2 Å². The highest BCUT2D eigenvalue weighted by Gasteiger charge is 2.50. The number of nitrogens with zero attached hydrogens (tertiary/aromatic N) is 2. The van der Waals surface area contributed by atoms with Gasteiger partial charge in [0.25, 0.3) is 5.91 Å². The Bertz CT molecular complexity index is 1050. The third-order valence-corrected chi connectivity index (χ3v) is 9.08. The fraction of sp³-hybridized carbons (Fsp3) is 0.625. The van der Waals surface area contributed by atoms with Crippen molar-refractivity contribution >= 4 is 27.7 Å². The lowest BCUT2D eigenvalue weighted by Crippen LogP contribution is -2.51. The molecule has 0 unspecified atom stereocenters. The number of urea groups is 1. The van der Waals surface area contributed by atoms with E-state index in [9.17, 15) is 22.8 Å². The Morgan fingerprint density at radius 3 is 2.30 bits per heavy atom. The van der Waals surface area contributed by atoms with Gasteiger partial charge >= 0.3 is 6.03 Å². The van der Waals surface area contributed by atoms with E-state index in [1.807, 2.05) is 24.3 Å². The fourth-order valence-electron chi connectivity index (χ4n) is 5.34. The van der Waals surface area contributed by atoms with Gasteiger partial charge in [0.2, 0.25) is 5.91 Å². The van der Waals surface area contributed by atoms with Crippen LogP contribution in [0.15, 0.2) is 24.3 Å². The van der Waals surface area contributed by atoms with Gasteiger partial charge in [-0.1, -0.05) is 51.0 Å². The van der Waals surface area contributed by atoms with Crippen molar-refractivity contribution in [3.8, 4) is 0 Å². The highest BCUT2D eigenvalue weighted by atomic mass is 32.2. The van der Waals surface area contributed by atoms with Crippen LogP contribution in [0.4, 0.5) is 4.79 Å². The number of imide groups is 1. The largest absolute Gasteiger partial charge is 0.334 e. The third-order valence-electron chi connectivity index (χ3n) is 7.33. The van der Waals surface area contributed by atoms with Gasteiger partial charge in [-0.15, -0.1) is 0 Å². The third kappa shape index (κ3) is 4.52. The van der Waals surface area contributed by atoms with E-state index < -0.39 is 27.3 Å². The van der Waals surface area contributed by atoms with E-state index in [1.54, 1.807) is 11.8 Å². The maximum Gasteiger partial charge on any atom is 0.325 e. The topological polar surface area (TPSA) is 104 Å². The minimum atomic E-state index is -3.17. The van der Waals surface area contributed by atoms with Crippen molar-refractivity contribution < 1.29 is 22.8 Å². The number of nitrogens with one attached hydrogen (secondary N) is 1. The first-order valence-corrected chi connectivity index (χ1v) is 13.6. The number of sulfone groups is 1. The summed E-state index contributed by atoms with van der Waals surface area (Å²) in [7, 11) is -3.17. The van der Waals surface area contributed by atoms with Crippen molar-refractivity contribution in [2.75, 3.05) is 18.1 Å². The zero-order chi connectivity index (χ0) is 24.0. The SMILES string of the molecule is CC(C)c1ccc([C@@]2(C)NC(=O)N(CC(=O)N(C3CCCC3)[C@H]3CCS(=O)(=O)C3)C2=O)cc1. The normalized spacial score (nSPS) is 27.4. The molecule has 0 spiro atoms. The molecular formula is C24H33N3O5S. The van der Waals surface area contributed by atoms with E-state index in [1.165, 1.54) is 0 Å². The number of hydrogen-bond donors (Lipinski definition) is 1. The lowest BCUT2D eigenvalue weighted by molar-refractivity contribution is -0.141. The number of hydrogen-bond acceptors (Lipinski definition) is 5. The molecular weight excluding hydrogens is 442 g/mol. The van der Waals surface area contributed by atoms with Crippen molar-refractivity contribution in [3.05, 3.63) is 35.4 Å². The second-order valence-electron chi connectivity index (χ2n) is 10.0. The zero-order valence-corrected chi connectivity index (χ0v) is 20.4. The minimum Gasteiger partial charge on any atom is -0.334 e. The van der Waals surface area contributed by atoms with Gasteiger partial charge in [-0.2, -0.15) is 0 Å². The first-order valence-electron chi connectivity index (χ1n) is 11.8. The van der Waals surface area contributed by atoms with Crippen LogP contribution in [0.3, 0.4) is 0 Å². The number of carbonyl (C=O) groups excluding carboxylic acids is 3. The van der Waals surface area contributed by atoms with Crippen LogP contribution < -0.4 is 5.32 Å². The summed E-state index contributed by atoms with van der Waals surface area (Å²) in [5.41, 5.74) is 0.543. The lowest BCUT2D eigenvalue weighted by Gasteiger charge is -2.35.